The normalized spacial score (nSPS) is 15.8. The molecular formula is C25H31N3O6. The first-order valence-electron chi connectivity index (χ1n) is 11.4. The van der Waals surface area contributed by atoms with Gasteiger partial charge < -0.3 is 24.8 Å². The molecule has 1 atom stereocenters. The maximum absolute atomic E-state index is 12.6. The topological polar surface area (TPSA) is 106 Å². The quantitative estimate of drug-likeness (QED) is 0.363. The van der Waals surface area contributed by atoms with E-state index in [0.717, 1.165) is 5.75 Å². The lowest BCUT2D eigenvalue weighted by molar-refractivity contribution is -0.148. The van der Waals surface area contributed by atoms with Crippen molar-refractivity contribution in [3.8, 4) is 11.5 Å². The zero-order valence-corrected chi connectivity index (χ0v) is 19.3. The van der Waals surface area contributed by atoms with Gasteiger partial charge in [-0.25, -0.2) is 0 Å². The first-order chi connectivity index (χ1) is 16.5. The van der Waals surface area contributed by atoms with Gasteiger partial charge in [0.2, 0.25) is 11.8 Å². The van der Waals surface area contributed by atoms with Gasteiger partial charge in [0.25, 0.3) is 0 Å². The van der Waals surface area contributed by atoms with Gasteiger partial charge in [-0.2, -0.15) is 0 Å². The standard InChI is InChI=1S/C25H31N3O6/c1-2-14-34-24(30)17-22-25(31)26-12-13-28(22)18-23(29)27-19-8-10-21(11-9-19)33-16-15-32-20-6-4-3-5-7-20/h3-11,22H,2,12-18H2,1H3,(H,26,31)(H,27,29). The summed E-state index contributed by atoms with van der Waals surface area (Å²) in [5.74, 6) is 0.458. The molecule has 0 aliphatic carbocycles. The molecule has 1 saturated heterocycles. The number of ether oxygens (including phenoxy) is 3. The minimum absolute atomic E-state index is 0.00573. The number of anilines is 1. The maximum Gasteiger partial charge on any atom is 0.307 e. The van der Waals surface area contributed by atoms with Gasteiger partial charge in [-0.3, -0.25) is 19.3 Å². The number of benzene rings is 2. The molecule has 2 aromatic rings. The van der Waals surface area contributed by atoms with Gasteiger partial charge >= 0.3 is 5.97 Å². The van der Waals surface area contributed by atoms with E-state index in [1.54, 1.807) is 29.2 Å². The molecular weight excluding hydrogens is 438 g/mol. The Morgan fingerprint density at radius 2 is 1.68 bits per heavy atom. The number of para-hydroxylation sites is 1. The number of rotatable bonds is 12. The number of nitrogens with one attached hydrogen (secondary N) is 2. The molecule has 0 bridgehead atoms. The van der Waals surface area contributed by atoms with Crippen molar-refractivity contribution in [2.45, 2.75) is 25.8 Å². The third kappa shape index (κ3) is 8.08. The molecule has 1 unspecified atom stereocenters. The monoisotopic (exact) mass is 469 g/mol. The SMILES string of the molecule is CCCOC(=O)CC1C(=O)NCCN1CC(=O)Nc1ccc(OCCOc2ccccc2)cc1. The van der Waals surface area contributed by atoms with Crippen molar-refractivity contribution < 1.29 is 28.6 Å². The molecule has 3 rings (SSSR count). The zero-order valence-electron chi connectivity index (χ0n) is 19.3. The van der Waals surface area contributed by atoms with E-state index in [2.05, 4.69) is 10.6 Å². The van der Waals surface area contributed by atoms with Gasteiger partial charge in [-0.05, 0) is 42.8 Å². The Morgan fingerprint density at radius 1 is 1.00 bits per heavy atom. The first-order valence-corrected chi connectivity index (χ1v) is 11.4. The van der Waals surface area contributed by atoms with Crippen LogP contribution in [-0.4, -0.2) is 68.2 Å². The van der Waals surface area contributed by atoms with E-state index in [1.165, 1.54) is 0 Å². The number of amides is 2. The summed E-state index contributed by atoms with van der Waals surface area (Å²) in [6, 6.07) is 15.8. The van der Waals surface area contributed by atoms with E-state index < -0.39 is 12.0 Å². The van der Waals surface area contributed by atoms with Crippen molar-refractivity contribution in [3.05, 3.63) is 54.6 Å². The average molecular weight is 470 g/mol. The van der Waals surface area contributed by atoms with Crippen LogP contribution in [0.1, 0.15) is 19.8 Å². The highest BCUT2D eigenvalue weighted by Crippen LogP contribution is 2.17. The lowest BCUT2D eigenvalue weighted by Gasteiger charge is -2.33. The Kier molecular flexibility index (Phi) is 9.72. The highest BCUT2D eigenvalue weighted by atomic mass is 16.5. The minimum atomic E-state index is -0.724. The Labute approximate surface area is 199 Å². The summed E-state index contributed by atoms with van der Waals surface area (Å²) in [4.78, 5) is 38.5. The van der Waals surface area contributed by atoms with Crippen LogP contribution < -0.4 is 20.1 Å². The van der Waals surface area contributed by atoms with Gasteiger partial charge in [0, 0.05) is 18.8 Å². The van der Waals surface area contributed by atoms with Gasteiger partial charge in [0.15, 0.2) is 0 Å². The average Bonchev–Trinajstić information content (AvgIpc) is 2.84. The molecule has 1 aliphatic heterocycles. The first kappa shape index (κ1) is 25.0. The summed E-state index contributed by atoms with van der Waals surface area (Å²) in [5, 5.41) is 5.56. The fourth-order valence-corrected chi connectivity index (χ4v) is 3.46. The molecule has 9 nitrogen and oxygen atoms in total. The van der Waals surface area contributed by atoms with E-state index in [-0.39, 0.29) is 24.8 Å². The summed E-state index contributed by atoms with van der Waals surface area (Å²) in [6.07, 6.45) is 0.624. The molecule has 1 fully saturated rings. The number of piperazine rings is 1. The van der Waals surface area contributed by atoms with E-state index >= 15 is 0 Å². The van der Waals surface area contributed by atoms with Crippen LogP contribution in [0.15, 0.2) is 54.6 Å². The van der Waals surface area contributed by atoms with Gasteiger partial charge in [0.1, 0.15) is 30.8 Å². The summed E-state index contributed by atoms with van der Waals surface area (Å²) in [7, 11) is 0. The smallest absolute Gasteiger partial charge is 0.307 e. The lowest BCUT2D eigenvalue weighted by atomic mass is 10.1. The van der Waals surface area contributed by atoms with Crippen LogP contribution in [0.25, 0.3) is 0 Å². The molecule has 1 heterocycles. The highest BCUT2D eigenvalue weighted by molar-refractivity contribution is 5.93. The van der Waals surface area contributed by atoms with Crippen LogP contribution in [0.2, 0.25) is 0 Å². The number of carbonyl (C=O) groups is 3. The molecule has 34 heavy (non-hydrogen) atoms. The Hall–Kier alpha value is -3.59. The number of nitrogens with zero attached hydrogens (tertiary/aromatic N) is 1. The molecule has 0 saturated carbocycles. The van der Waals surface area contributed by atoms with Gasteiger partial charge in [-0.15, -0.1) is 0 Å². The number of hydrogen-bond donors (Lipinski definition) is 2. The van der Waals surface area contributed by atoms with Crippen LogP contribution >= 0.6 is 0 Å². The Morgan fingerprint density at radius 3 is 2.35 bits per heavy atom. The largest absolute Gasteiger partial charge is 0.490 e. The molecule has 2 aromatic carbocycles. The van der Waals surface area contributed by atoms with E-state index in [0.29, 0.717) is 50.8 Å². The van der Waals surface area contributed by atoms with Crippen molar-refractivity contribution in [2.24, 2.45) is 0 Å². The number of hydrogen-bond acceptors (Lipinski definition) is 7. The molecule has 2 N–H and O–H groups in total. The predicted octanol–water partition coefficient (Wildman–Crippen LogP) is 2.23. The number of esters is 1. The van der Waals surface area contributed by atoms with Crippen molar-refractivity contribution in [1.82, 2.24) is 10.2 Å². The maximum atomic E-state index is 12.6. The predicted molar refractivity (Wildman–Crippen MR) is 127 cm³/mol. The Balaban J connectivity index is 1.44. The third-order valence-corrected chi connectivity index (χ3v) is 5.12. The van der Waals surface area contributed by atoms with Gasteiger partial charge in [0.05, 0.1) is 19.6 Å². The van der Waals surface area contributed by atoms with Crippen molar-refractivity contribution >= 4 is 23.5 Å². The molecule has 182 valence electrons. The Bertz CT molecular complexity index is 935. The molecule has 0 radical (unpaired) electrons. The zero-order chi connectivity index (χ0) is 24.2. The summed E-state index contributed by atoms with van der Waals surface area (Å²) < 4.78 is 16.4. The van der Waals surface area contributed by atoms with Crippen molar-refractivity contribution in [3.63, 3.8) is 0 Å². The summed E-state index contributed by atoms with van der Waals surface area (Å²) in [5.41, 5.74) is 0.609. The lowest BCUT2D eigenvalue weighted by Crippen LogP contribution is -2.57. The van der Waals surface area contributed by atoms with Gasteiger partial charge in [-0.1, -0.05) is 25.1 Å². The van der Waals surface area contributed by atoms with E-state index in [1.807, 2.05) is 37.3 Å². The minimum Gasteiger partial charge on any atom is -0.490 e. The second kappa shape index (κ2) is 13.2. The van der Waals surface area contributed by atoms with Crippen molar-refractivity contribution in [2.75, 3.05) is 44.8 Å². The molecule has 0 aromatic heterocycles. The third-order valence-electron chi connectivity index (χ3n) is 5.12. The van der Waals surface area contributed by atoms with E-state index in [4.69, 9.17) is 14.2 Å². The molecule has 0 spiro atoms. The second-order valence-electron chi connectivity index (χ2n) is 7.78. The van der Waals surface area contributed by atoms with Crippen molar-refractivity contribution in [1.29, 1.82) is 0 Å². The molecule has 2 amide bonds. The van der Waals surface area contributed by atoms with E-state index in [9.17, 15) is 14.4 Å². The van der Waals surface area contributed by atoms with Crippen LogP contribution in [0, 0.1) is 0 Å². The highest BCUT2D eigenvalue weighted by Gasteiger charge is 2.33. The summed E-state index contributed by atoms with van der Waals surface area (Å²) in [6.45, 7) is 3.91. The molecule has 9 heteroatoms. The fourth-order valence-electron chi connectivity index (χ4n) is 3.46. The second-order valence-corrected chi connectivity index (χ2v) is 7.78. The molecule has 1 aliphatic rings. The van der Waals surface area contributed by atoms with Crippen LogP contribution in [0.5, 0.6) is 11.5 Å². The van der Waals surface area contributed by atoms with Crippen LogP contribution in [-0.2, 0) is 19.1 Å². The number of carbonyl (C=O) groups excluding carboxylic acids is 3. The van der Waals surface area contributed by atoms with Crippen LogP contribution in [0.3, 0.4) is 0 Å². The fraction of sp³-hybridized carbons (Fsp3) is 0.400. The summed E-state index contributed by atoms with van der Waals surface area (Å²) >= 11 is 0. The van der Waals surface area contributed by atoms with Crippen LogP contribution in [0.4, 0.5) is 5.69 Å².